The molecule has 116 valence electrons. The Labute approximate surface area is 137 Å². The second-order valence-electron chi connectivity index (χ2n) is 5.06. The van der Waals surface area contributed by atoms with Crippen LogP contribution in [-0.2, 0) is 12.2 Å². The van der Waals surface area contributed by atoms with Gasteiger partial charge >= 0.3 is 0 Å². The normalized spacial score (nSPS) is 20.3. The summed E-state index contributed by atoms with van der Waals surface area (Å²) in [7, 11) is 0. The molecule has 3 aromatic rings. The largest absolute Gasteiger partial charge is 0.468 e. The Hall–Kier alpha value is -2.64. The standard InChI is InChI=1S/C16H15N5OS/c1-3-13(22-9-1)11-19-16(14-4-2-10-23-14)5-6-18-15(20-16)21-8-7-17-12-21/h1-10,12,19H,11H2,(H,18,20). The number of aromatic nitrogens is 2. The van der Waals surface area contributed by atoms with Crippen LogP contribution in [0.2, 0.25) is 0 Å². The van der Waals surface area contributed by atoms with Gasteiger partial charge in [0.2, 0.25) is 5.96 Å². The molecule has 0 amide bonds. The first-order chi connectivity index (χ1) is 11.4. The van der Waals surface area contributed by atoms with E-state index in [1.807, 2.05) is 46.6 Å². The molecule has 0 saturated heterocycles. The highest BCUT2D eigenvalue weighted by Gasteiger charge is 2.32. The summed E-state index contributed by atoms with van der Waals surface area (Å²) in [5.41, 5.74) is -0.633. The quantitative estimate of drug-likeness (QED) is 0.773. The minimum absolute atomic E-state index is 0.579. The summed E-state index contributed by atoms with van der Waals surface area (Å²) in [5.74, 6) is 1.58. The summed E-state index contributed by atoms with van der Waals surface area (Å²) in [6, 6.07) is 7.93. The third-order valence-corrected chi connectivity index (χ3v) is 4.57. The fourth-order valence-corrected chi connectivity index (χ4v) is 3.27. The molecule has 6 nitrogen and oxygen atoms in total. The Morgan fingerprint density at radius 1 is 1.35 bits per heavy atom. The fourth-order valence-electron chi connectivity index (χ4n) is 2.44. The van der Waals surface area contributed by atoms with Crippen LogP contribution in [0.15, 0.2) is 76.3 Å². The molecule has 0 bridgehead atoms. The Kier molecular flexibility index (Phi) is 3.57. The highest BCUT2D eigenvalue weighted by atomic mass is 32.1. The maximum absolute atomic E-state index is 5.42. The Morgan fingerprint density at radius 2 is 2.35 bits per heavy atom. The molecule has 3 aromatic heterocycles. The van der Waals surface area contributed by atoms with Gasteiger partial charge in [0, 0.05) is 18.6 Å². The summed E-state index contributed by atoms with van der Waals surface area (Å²) in [6.07, 6.45) is 10.9. The summed E-state index contributed by atoms with van der Waals surface area (Å²) in [4.78, 5) is 10.1. The molecule has 1 atom stereocenters. The number of rotatable bonds is 4. The van der Waals surface area contributed by atoms with E-state index in [-0.39, 0.29) is 0 Å². The second-order valence-corrected chi connectivity index (χ2v) is 6.01. The van der Waals surface area contributed by atoms with Crippen molar-refractivity contribution < 1.29 is 4.42 Å². The van der Waals surface area contributed by atoms with Crippen molar-refractivity contribution in [2.24, 2.45) is 4.99 Å². The summed E-state index contributed by atoms with van der Waals surface area (Å²) < 4.78 is 7.27. The molecule has 0 aliphatic carbocycles. The van der Waals surface area contributed by atoms with Crippen LogP contribution in [0.5, 0.6) is 0 Å². The smallest absolute Gasteiger partial charge is 0.210 e. The molecule has 0 spiro atoms. The van der Waals surface area contributed by atoms with Gasteiger partial charge in [-0.25, -0.2) is 9.98 Å². The molecule has 0 fully saturated rings. The lowest BCUT2D eigenvalue weighted by molar-refractivity contribution is 0.392. The molecular formula is C16H15N5OS. The number of aliphatic imine (C=N–C) groups is 1. The van der Waals surface area contributed by atoms with E-state index in [1.54, 1.807) is 30.1 Å². The van der Waals surface area contributed by atoms with E-state index < -0.39 is 5.66 Å². The van der Waals surface area contributed by atoms with Gasteiger partial charge in [-0.1, -0.05) is 6.07 Å². The van der Waals surface area contributed by atoms with E-state index in [0.29, 0.717) is 12.5 Å². The molecule has 2 N–H and O–H groups in total. The topological polar surface area (TPSA) is 67.4 Å². The van der Waals surface area contributed by atoms with Gasteiger partial charge in [0.25, 0.3) is 0 Å². The monoisotopic (exact) mass is 325 g/mol. The maximum Gasteiger partial charge on any atom is 0.210 e. The zero-order valence-corrected chi connectivity index (χ0v) is 13.0. The van der Waals surface area contributed by atoms with Gasteiger partial charge in [0.05, 0.1) is 17.7 Å². The van der Waals surface area contributed by atoms with Crippen LogP contribution in [0.1, 0.15) is 10.6 Å². The van der Waals surface area contributed by atoms with E-state index in [1.165, 1.54) is 0 Å². The van der Waals surface area contributed by atoms with Crippen molar-refractivity contribution in [3.63, 3.8) is 0 Å². The van der Waals surface area contributed by atoms with Crippen molar-refractivity contribution in [3.05, 3.63) is 77.5 Å². The maximum atomic E-state index is 5.42. The van der Waals surface area contributed by atoms with E-state index in [4.69, 9.17) is 9.41 Å². The average molecular weight is 325 g/mol. The van der Waals surface area contributed by atoms with Gasteiger partial charge in [0.1, 0.15) is 12.1 Å². The number of hydrogen-bond acceptors (Lipinski definition) is 6. The fraction of sp³-hybridized carbons (Fsp3) is 0.125. The van der Waals surface area contributed by atoms with Crippen molar-refractivity contribution >= 4 is 17.3 Å². The number of thiophene rings is 1. The first-order valence-electron chi connectivity index (χ1n) is 7.20. The van der Waals surface area contributed by atoms with Crippen LogP contribution >= 0.6 is 11.3 Å². The highest BCUT2D eigenvalue weighted by molar-refractivity contribution is 7.10. The lowest BCUT2D eigenvalue weighted by atomic mass is 10.1. The molecule has 0 aromatic carbocycles. The number of imidazole rings is 1. The summed E-state index contributed by atoms with van der Waals surface area (Å²) in [5, 5.41) is 8.71. The molecule has 0 saturated carbocycles. The number of furan rings is 1. The predicted octanol–water partition coefficient (Wildman–Crippen LogP) is 2.50. The lowest BCUT2D eigenvalue weighted by Gasteiger charge is -2.30. The SMILES string of the molecule is C1=CC(NCc2ccco2)(c2cccs2)N=C(n2ccnc2)N1. The molecule has 1 unspecified atom stereocenters. The zero-order chi connectivity index (χ0) is 15.5. The molecular weight excluding hydrogens is 310 g/mol. The Bertz CT molecular complexity index is 805. The van der Waals surface area contributed by atoms with Crippen LogP contribution in [-0.4, -0.2) is 15.5 Å². The predicted molar refractivity (Wildman–Crippen MR) is 88.9 cm³/mol. The van der Waals surface area contributed by atoms with Gasteiger partial charge in [-0.05, 0) is 29.7 Å². The first-order valence-corrected chi connectivity index (χ1v) is 8.07. The molecule has 1 aliphatic heterocycles. The van der Waals surface area contributed by atoms with Crippen molar-refractivity contribution in [1.29, 1.82) is 0 Å². The van der Waals surface area contributed by atoms with Crippen molar-refractivity contribution in [1.82, 2.24) is 20.2 Å². The number of nitrogens with one attached hydrogen (secondary N) is 2. The highest BCUT2D eigenvalue weighted by Crippen LogP contribution is 2.31. The van der Waals surface area contributed by atoms with Crippen molar-refractivity contribution in [2.75, 3.05) is 0 Å². The van der Waals surface area contributed by atoms with Gasteiger partial charge in [-0.15, -0.1) is 11.3 Å². The van der Waals surface area contributed by atoms with Crippen molar-refractivity contribution in [3.8, 4) is 0 Å². The van der Waals surface area contributed by atoms with Gasteiger partial charge < -0.3 is 9.73 Å². The van der Waals surface area contributed by atoms with E-state index in [0.717, 1.165) is 10.6 Å². The van der Waals surface area contributed by atoms with Gasteiger partial charge in [-0.2, -0.15) is 0 Å². The Balaban J connectivity index is 1.70. The molecule has 7 heteroatoms. The van der Waals surface area contributed by atoms with Crippen LogP contribution in [0.3, 0.4) is 0 Å². The van der Waals surface area contributed by atoms with Crippen LogP contribution in [0.4, 0.5) is 0 Å². The zero-order valence-electron chi connectivity index (χ0n) is 12.2. The van der Waals surface area contributed by atoms with E-state index in [9.17, 15) is 0 Å². The lowest BCUT2D eigenvalue weighted by Crippen LogP contribution is -2.44. The van der Waals surface area contributed by atoms with Gasteiger partial charge in [0.15, 0.2) is 5.66 Å². The minimum atomic E-state index is -0.633. The second kappa shape index (κ2) is 5.86. The summed E-state index contributed by atoms with van der Waals surface area (Å²) in [6.45, 7) is 0.579. The molecule has 4 rings (SSSR count). The molecule has 23 heavy (non-hydrogen) atoms. The summed E-state index contributed by atoms with van der Waals surface area (Å²) >= 11 is 1.66. The Morgan fingerprint density at radius 3 is 3.09 bits per heavy atom. The van der Waals surface area contributed by atoms with E-state index >= 15 is 0 Å². The first kappa shape index (κ1) is 14.0. The van der Waals surface area contributed by atoms with Crippen LogP contribution < -0.4 is 10.6 Å². The van der Waals surface area contributed by atoms with E-state index in [2.05, 4.69) is 21.7 Å². The van der Waals surface area contributed by atoms with Crippen LogP contribution in [0.25, 0.3) is 0 Å². The molecule has 0 radical (unpaired) electrons. The van der Waals surface area contributed by atoms with Gasteiger partial charge in [-0.3, -0.25) is 9.88 Å². The number of hydrogen-bond donors (Lipinski definition) is 2. The average Bonchev–Trinajstić information content (AvgIpc) is 3.37. The third-order valence-electron chi connectivity index (χ3n) is 3.58. The minimum Gasteiger partial charge on any atom is -0.468 e. The van der Waals surface area contributed by atoms with Crippen LogP contribution in [0, 0.1) is 0 Å². The third kappa shape index (κ3) is 2.71. The molecule has 4 heterocycles. The number of nitrogens with zero attached hydrogens (tertiary/aromatic N) is 3. The molecule has 1 aliphatic rings. The van der Waals surface area contributed by atoms with Crippen molar-refractivity contribution in [2.45, 2.75) is 12.2 Å².